The van der Waals surface area contributed by atoms with Crippen LogP contribution < -0.4 is 10.6 Å². The molecule has 0 aromatic heterocycles. The van der Waals surface area contributed by atoms with Crippen LogP contribution in [0.2, 0.25) is 0 Å². The smallest absolute Gasteiger partial charge is 0.191 e. The average Bonchev–Trinajstić information content (AvgIpc) is 2.48. The monoisotopic (exact) mass is 289 g/mol. The minimum absolute atomic E-state index is 0.229. The maximum atomic E-state index is 5.27. The molecule has 4 nitrogen and oxygen atoms in total. The summed E-state index contributed by atoms with van der Waals surface area (Å²) in [5, 5.41) is 6.71. The molecule has 2 N–H and O–H groups in total. The van der Waals surface area contributed by atoms with Gasteiger partial charge in [0.1, 0.15) is 0 Å². The van der Waals surface area contributed by atoms with Crippen molar-refractivity contribution in [3.05, 3.63) is 35.9 Å². The fourth-order valence-corrected chi connectivity index (χ4v) is 2.30. The van der Waals surface area contributed by atoms with Crippen LogP contribution in [-0.2, 0) is 11.2 Å². The second kappa shape index (κ2) is 8.03. The van der Waals surface area contributed by atoms with E-state index >= 15 is 0 Å². The molecule has 1 aromatic carbocycles. The van der Waals surface area contributed by atoms with Crippen molar-refractivity contribution in [2.45, 2.75) is 26.7 Å². The summed E-state index contributed by atoms with van der Waals surface area (Å²) in [4.78, 5) is 4.67. The van der Waals surface area contributed by atoms with Gasteiger partial charge in [-0.15, -0.1) is 0 Å². The van der Waals surface area contributed by atoms with Gasteiger partial charge in [0.2, 0.25) is 0 Å². The normalized spacial score (nSPS) is 17.1. The molecule has 21 heavy (non-hydrogen) atoms. The zero-order valence-corrected chi connectivity index (χ0v) is 13.2. The highest BCUT2D eigenvalue weighted by atomic mass is 16.5. The number of aliphatic imine (C=N–C) groups is 1. The van der Waals surface area contributed by atoms with Crippen molar-refractivity contribution in [1.82, 2.24) is 10.6 Å². The lowest BCUT2D eigenvalue weighted by molar-refractivity contribution is -0.0945. The summed E-state index contributed by atoms with van der Waals surface area (Å²) in [5.74, 6) is 0.915. The summed E-state index contributed by atoms with van der Waals surface area (Å²) in [6.07, 6.45) is 2.20. The Hall–Kier alpha value is -1.55. The van der Waals surface area contributed by atoms with Gasteiger partial charge in [0.15, 0.2) is 5.96 Å². The lowest BCUT2D eigenvalue weighted by atomic mass is 9.89. The quantitative estimate of drug-likeness (QED) is 0.459. The number of hydrogen-bond donors (Lipinski definition) is 2. The lowest BCUT2D eigenvalue weighted by Crippen LogP contribution is -2.44. The predicted molar refractivity (Wildman–Crippen MR) is 87.7 cm³/mol. The van der Waals surface area contributed by atoms with Gasteiger partial charge < -0.3 is 15.4 Å². The highest BCUT2D eigenvalue weighted by Crippen LogP contribution is 2.26. The van der Waals surface area contributed by atoms with E-state index in [0.29, 0.717) is 0 Å². The molecule has 0 spiro atoms. The Morgan fingerprint density at radius 1 is 1.24 bits per heavy atom. The van der Waals surface area contributed by atoms with Crippen molar-refractivity contribution in [2.24, 2.45) is 10.4 Å². The van der Waals surface area contributed by atoms with E-state index in [1.807, 2.05) is 0 Å². The molecule has 1 saturated heterocycles. The molecule has 0 bridgehead atoms. The largest absolute Gasteiger partial charge is 0.380 e. The predicted octanol–water partition coefficient (Wildman–Crippen LogP) is 2.21. The van der Waals surface area contributed by atoms with Crippen LogP contribution in [0.3, 0.4) is 0 Å². The van der Waals surface area contributed by atoms with Crippen molar-refractivity contribution in [2.75, 3.05) is 32.8 Å². The Kier molecular flexibility index (Phi) is 6.05. The van der Waals surface area contributed by atoms with Crippen LogP contribution in [0.1, 0.15) is 25.8 Å². The van der Waals surface area contributed by atoms with Crippen LogP contribution in [0, 0.1) is 5.41 Å². The minimum Gasteiger partial charge on any atom is -0.380 e. The highest BCUT2D eigenvalue weighted by molar-refractivity contribution is 5.79. The summed E-state index contributed by atoms with van der Waals surface area (Å²) >= 11 is 0. The molecule has 0 radical (unpaired) electrons. The Morgan fingerprint density at radius 3 is 2.62 bits per heavy atom. The molecule has 1 heterocycles. The third kappa shape index (κ3) is 5.38. The standard InChI is InChI=1S/C17H27N3O/c1-3-18-16(20-12-17(2)13-21-14-17)19-11-7-10-15-8-5-4-6-9-15/h4-6,8-9H,3,7,10-14H2,1-2H3,(H2,18,19,20). The first kappa shape index (κ1) is 15.8. The van der Waals surface area contributed by atoms with E-state index in [2.05, 4.69) is 59.8 Å². The Balaban J connectivity index is 1.70. The van der Waals surface area contributed by atoms with Gasteiger partial charge in [0, 0.05) is 18.5 Å². The summed E-state index contributed by atoms with van der Waals surface area (Å²) < 4.78 is 5.27. The molecular formula is C17H27N3O. The molecule has 116 valence electrons. The first-order chi connectivity index (χ1) is 10.2. The van der Waals surface area contributed by atoms with E-state index in [1.165, 1.54) is 5.56 Å². The summed E-state index contributed by atoms with van der Waals surface area (Å²) in [5.41, 5.74) is 1.62. The van der Waals surface area contributed by atoms with E-state index in [4.69, 9.17) is 4.74 Å². The Labute approximate surface area is 128 Å². The zero-order chi connectivity index (χ0) is 15.0. The number of rotatable bonds is 7. The number of nitrogens with one attached hydrogen (secondary N) is 2. The molecule has 2 rings (SSSR count). The second-order valence-corrected chi connectivity index (χ2v) is 6.01. The molecule has 0 saturated carbocycles. The highest BCUT2D eigenvalue weighted by Gasteiger charge is 2.33. The third-order valence-corrected chi connectivity index (χ3v) is 3.64. The number of ether oxygens (including phenoxy) is 1. The molecule has 0 unspecified atom stereocenters. The third-order valence-electron chi connectivity index (χ3n) is 3.64. The van der Waals surface area contributed by atoms with Crippen LogP contribution in [0.15, 0.2) is 35.3 Å². The average molecular weight is 289 g/mol. The van der Waals surface area contributed by atoms with E-state index < -0.39 is 0 Å². The molecule has 1 aromatic rings. The first-order valence-corrected chi connectivity index (χ1v) is 7.86. The van der Waals surface area contributed by atoms with Gasteiger partial charge in [-0.2, -0.15) is 0 Å². The van der Waals surface area contributed by atoms with Crippen molar-refractivity contribution in [3.63, 3.8) is 0 Å². The molecule has 0 atom stereocenters. The van der Waals surface area contributed by atoms with Gasteiger partial charge in [-0.1, -0.05) is 37.3 Å². The van der Waals surface area contributed by atoms with E-state index in [-0.39, 0.29) is 5.41 Å². The van der Waals surface area contributed by atoms with Gasteiger partial charge >= 0.3 is 0 Å². The summed E-state index contributed by atoms with van der Waals surface area (Å²) in [7, 11) is 0. The zero-order valence-electron chi connectivity index (χ0n) is 13.2. The van der Waals surface area contributed by atoms with Gasteiger partial charge in [-0.05, 0) is 25.3 Å². The van der Waals surface area contributed by atoms with Gasteiger partial charge in [0.25, 0.3) is 0 Å². The van der Waals surface area contributed by atoms with Crippen molar-refractivity contribution < 1.29 is 4.74 Å². The Morgan fingerprint density at radius 2 is 2.00 bits per heavy atom. The van der Waals surface area contributed by atoms with Crippen molar-refractivity contribution in [1.29, 1.82) is 0 Å². The molecule has 1 aliphatic rings. The number of benzene rings is 1. The molecule has 4 heteroatoms. The number of aryl methyl sites for hydroxylation is 1. The summed E-state index contributed by atoms with van der Waals surface area (Å²) in [6.45, 7) is 8.61. The summed E-state index contributed by atoms with van der Waals surface area (Å²) in [6, 6.07) is 10.6. The van der Waals surface area contributed by atoms with Crippen LogP contribution in [0.4, 0.5) is 0 Å². The number of hydrogen-bond acceptors (Lipinski definition) is 2. The minimum atomic E-state index is 0.229. The van der Waals surface area contributed by atoms with Crippen LogP contribution in [-0.4, -0.2) is 38.8 Å². The topological polar surface area (TPSA) is 45.7 Å². The second-order valence-electron chi connectivity index (χ2n) is 6.01. The van der Waals surface area contributed by atoms with E-state index in [0.717, 1.165) is 51.6 Å². The van der Waals surface area contributed by atoms with Gasteiger partial charge in [-0.25, -0.2) is 0 Å². The number of nitrogens with zero attached hydrogens (tertiary/aromatic N) is 1. The van der Waals surface area contributed by atoms with Gasteiger partial charge in [-0.3, -0.25) is 4.99 Å². The molecular weight excluding hydrogens is 262 g/mol. The molecule has 0 amide bonds. The van der Waals surface area contributed by atoms with Crippen LogP contribution in [0.25, 0.3) is 0 Å². The lowest BCUT2D eigenvalue weighted by Gasteiger charge is -2.36. The molecule has 1 aliphatic heterocycles. The fourth-order valence-electron chi connectivity index (χ4n) is 2.30. The maximum Gasteiger partial charge on any atom is 0.191 e. The van der Waals surface area contributed by atoms with Crippen molar-refractivity contribution >= 4 is 5.96 Å². The van der Waals surface area contributed by atoms with Crippen LogP contribution in [0.5, 0.6) is 0 Å². The van der Waals surface area contributed by atoms with E-state index in [9.17, 15) is 0 Å². The van der Waals surface area contributed by atoms with Gasteiger partial charge in [0.05, 0.1) is 19.8 Å². The SMILES string of the molecule is CCNC(=NCC1(C)COC1)NCCCc1ccccc1. The van der Waals surface area contributed by atoms with Crippen molar-refractivity contribution in [3.8, 4) is 0 Å². The van der Waals surface area contributed by atoms with E-state index in [1.54, 1.807) is 0 Å². The maximum absolute atomic E-state index is 5.27. The molecule has 1 fully saturated rings. The number of guanidine groups is 1. The van der Waals surface area contributed by atoms with Crippen LogP contribution >= 0.6 is 0 Å². The Bertz CT molecular complexity index is 441. The first-order valence-electron chi connectivity index (χ1n) is 7.86. The fraction of sp³-hybridized carbons (Fsp3) is 0.588. The molecule has 0 aliphatic carbocycles.